The Hall–Kier alpha value is -2.37. The first kappa shape index (κ1) is 24.7. The van der Waals surface area contributed by atoms with Gasteiger partial charge in [-0.2, -0.15) is 0 Å². The Bertz CT molecular complexity index is 1010. The van der Waals surface area contributed by atoms with Crippen molar-refractivity contribution < 1.29 is 22.6 Å². The molecule has 5 heteroatoms. The average molecular weight is 471 g/mol. The van der Waals surface area contributed by atoms with E-state index in [0.717, 1.165) is 37.7 Å². The minimum atomic E-state index is -0.793. The van der Waals surface area contributed by atoms with Crippen molar-refractivity contribution in [2.24, 2.45) is 5.92 Å². The highest BCUT2D eigenvalue weighted by atomic mass is 19.2. The highest BCUT2D eigenvalue weighted by molar-refractivity contribution is 5.66. The molecule has 34 heavy (non-hydrogen) atoms. The molecule has 182 valence electrons. The number of hydrogen-bond donors (Lipinski definition) is 0. The fraction of sp³-hybridized carbons (Fsp3) is 0.448. The molecular formula is C29H33F3O2. The van der Waals surface area contributed by atoms with Gasteiger partial charge in [0.05, 0.1) is 12.7 Å². The molecule has 1 fully saturated rings. The zero-order chi connectivity index (χ0) is 24.1. The molecule has 0 aromatic heterocycles. The van der Waals surface area contributed by atoms with Gasteiger partial charge >= 0.3 is 0 Å². The number of hydrogen-bond acceptors (Lipinski definition) is 2. The summed E-state index contributed by atoms with van der Waals surface area (Å²) in [4.78, 5) is 0. The molecule has 2 aromatic rings. The van der Waals surface area contributed by atoms with Crippen LogP contribution >= 0.6 is 0 Å². The lowest BCUT2D eigenvalue weighted by atomic mass is 9.82. The minimum Gasteiger partial charge on any atom is -0.378 e. The number of ether oxygens (including phenoxy) is 2. The van der Waals surface area contributed by atoms with Crippen molar-refractivity contribution in [2.45, 2.75) is 63.6 Å². The summed E-state index contributed by atoms with van der Waals surface area (Å²) in [5, 5.41) is 0. The summed E-state index contributed by atoms with van der Waals surface area (Å²) in [5.74, 6) is -1.69. The topological polar surface area (TPSA) is 18.5 Å². The lowest BCUT2D eigenvalue weighted by Gasteiger charge is -2.31. The summed E-state index contributed by atoms with van der Waals surface area (Å²) >= 11 is 0. The lowest BCUT2D eigenvalue weighted by Crippen LogP contribution is -2.26. The van der Waals surface area contributed by atoms with Gasteiger partial charge in [-0.15, -0.1) is 0 Å². The molecule has 0 aliphatic heterocycles. The predicted octanol–water partition coefficient (Wildman–Crippen LogP) is 7.99. The Morgan fingerprint density at radius 3 is 2.26 bits per heavy atom. The molecule has 4 rings (SSSR count). The molecule has 0 heterocycles. The third-order valence-electron chi connectivity index (χ3n) is 7.10. The fourth-order valence-corrected chi connectivity index (χ4v) is 5.12. The number of benzene rings is 2. The Morgan fingerprint density at radius 1 is 0.882 bits per heavy atom. The molecule has 0 radical (unpaired) electrons. The first-order valence-electron chi connectivity index (χ1n) is 12.3. The van der Waals surface area contributed by atoms with E-state index in [4.69, 9.17) is 9.47 Å². The molecule has 2 atom stereocenters. The molecule has 0 N–H and O–H groups in total. The molecule has 2 unspecified atom stereocenters. The van der Waals surface area contributed by atoms with Crippen molar-refractivity contribution in [1.82, 2.24) is 0 Å². The van der Waals surface area contributed by atoms with Crippen LogP contribution in [0.1, 0.15) is 62.5 Å². The normalized spacial score (nSPS) is 25.1. The van der Waals surface area contributed by atoms with Gasteiger partial charge in [0.25, 0.3) is 0 Å². The van der Waals surface area contributed by atoms with Gasteiger partial charge in [0.2, 0.25) is 0 Å². The largest absolute Gasteiger partial charge is 0.378 e. The van der Waals surface area contributed by atoms with Crippen LogP contribution in [-0.2, 0) is 9.47 Å². The Kier molecular flexibility index (Phi) is 8.28. The molecule has 2 aliphatic rings. The summed E-state index contributed by atoms with van der Waals surface area (Å²) in [6.07, 6.45) is 7.61. The molecule has 0 bridgehead atoms. The highest BCUT2D eigenvalue weighted by Gasteiger charge is 2.28. The van der Waals surface area contributed by atoms with Crippen LogP contribution in [0, 0.1) is 17.6 Å². The van der Waals surface area contributed by atoms with Crippen molar-refractivity contribution in [1.29, 1.82) is 0 Å². The zero-order valence-electron chi connectivity index (χ0n) is 19.7. The molecule has 0 saturated heterocycles. The summed E-state index contributed by atoms with van der Waals surface area (Å²) in [6.45, 7) is 6.58. The SMILES string of the molecule is C=Cc1ccc(-c2ccc(C3CCC(OCC4C=C(F)C(OCC)CC4)CC3)c(F)c2F)cc1. The van der Waals surface area contributed by atoms with E-state index < -0.39 is 17.7 Å². The van der Waals surface area contributed by atoms with E-state index in [-0.39, 0.29) is 29.3 Å². The van der Waals surface area contributed by atoms with Crippen LogP contribution in [0.3, 0.4) is 0 Å². The van der Waals surface area contributed by atoms with E-state index >= 15 is 4.39 Å². The fourth-order valence-electron chi connectivity index (χ4n) is 5.12. The molecule has 0 amide bonds. The van der Waals surface area contributed by atoms with Crippen LogP contribution in [0.4, 0.5) is 13.2 Å². The van der Waals surface area contributed by atoms with Crippen LogP contribution in [0.5, 0.6) is 0 Å². The van der Waals surface area contributed by atoms with Gasteiger partial charge in [-0.3, -0.25) is 0 Å². The maximum Gasteiger partial charge on any atom is 0.166 e. The summed E-state index contributed by atoms with van der Waals surface area (Å²) < 4.78 is 55.6. The van der Waals surface area contributed by atoms with Gasteiger partial charge < -0.3 is 9.47 Å². The van der Waals surface area contributed by atoms with Crippen LogP contribution in [0.2, 0.25) is 0 Å². The second-order valence-corrected chi connectivity index (χ2v) is 9.30. The molecule has 2 nitrogen and oxygen atoms in total. The third kappa shape index (κ3) is 5.64. The van der Waals surface area contributed by atoms with E-state index in [0.29, 0.717) is 30.8 Å². The summed E-state index contributed by atoms with van der Waals surface area (Å²) in [7, 11) is 0. The standard InChI is InChI=1S/C29H33F3O2/c1-3-19-5-8-21(9-6-19)24-14-15-25(29(32)28(24)31)22-10-12-23(13-11-22)34-18-20-7-16-27(33-4-2)26(30)17-20/h3,5-6,8-9,14-15,17,20,22-23,27H,1,4,7,10-13,16,18H2,2H3. The smallest absolute Gasteiger partial charge is 0.166 e. The first-order chi connectivity index (χ1) is 16.5. The number of rotatable bonds is 8. The summed E-state index contributed by atoms with van der Waals surface area (Å²) in [6, 6.07) is 10.6. The van der Waals surface area contributed by atoms with Gasteiger partial charge in [-0.05, 0) is 74.1 Å². The van der Waals surface area contributed by atoms with E-state index in [1.165, 1.54) is 0 Å². The van der Waals surface area contributed by atoms with Gasteiger partial charge in [0.1, 0.15) is 11.9 Å². The Labute approximate surface area is 200 Å². The van der Waals surface area contributed by atoms with Crippen molar-refractivity contribution >= 4 is 6.08 Å². The predicted molar refractivity (Wildman–Crippen MR) is 130 cm³/mol. The average Bonchev–Trinajstić information content (AvgIpc) is 2.86. The van der Waals surface area contributed by atoms with E-state index in [9.17, 15) is 8.78 Å². The monoisotopic (exact) mass is 470 g/mol. The molecular weight excluding hydrogens is 437 g/mol. The van der Waals surface area contributed by atoms with Crippen LogP contribution in [0.25, 0.3) is 17.2 Å². The minimum absolute atomic E-state index is 0.0227. The van der Waals surface area contributed by atoms with Crippen LogP contribution in [0.15, 0.2) is 54.9 Å². The maximum atomic E-state index is 15.0. The van der Waals surface area contributed by atoms with Gasteiger partial charge in [-0.1, -0.05) is 49.1 Å². The summed E-state index contributed by atoms with van der Waals surface area (Å²) in [5.41, 5.74) is 2.29. The quantitative estimate of drug-likeness (QED) is 0.389. The van der Waals surface area contributed by atoms with Crippen molar-refractivity contribution in [3.05, 3.63) is 77.6 Å². The van der Waals surface area contributed by atoms with Crippen LogP contribution in [-0.4, -0.2) is 25.4 Å². The third-order valence-corrected chi connectivity index (χ3v) is 7.10. The molecule has 1 saturated carbocycles. The highest BCUT2D eigenvalue weighted by Crippen LogP contribution is 2.38. The van der Waals surface area contributed by atoms with E-state index in [1.54, 1.807) is 36.4 Å². The molecule has 2 aromatic carbocycles. The van der Waals surface area contributed by atoms with Gasteiger partial charge in [0.15, 0.2) is 11.6 Å². The molecule has 0 spiro atoms. The van der Waals surface area contributed by atoms with E-state index in [2.05, 4.69) is 6.58 Å². The van der Waals surface area contributed by atoms with Crippen molar-refractivity contribution in [3.63, 3.8) is 0 Å². The van der Waals surface area contributed by atoms with Crippen molar-refractivity contribution in [3.8, 4) is 11.1 Å². The van der Waals surface area contributed by atoms with Crippen molar-refractivity contribution in [2.75, 3.05) is 13.2 Å². The first-order valence-corrected chi connectivity index (χ1v) is 12.3. The zero-order valence-corrected chi connectivity index (χ0v) is 19.7. The Morgan fingerprint density at radius 2 is 1.62 bits per heavy atom. The van der Waals surface area contributed by atoms with Gasteiger partial charge in [0, 0.05) is 18.1 Å². The Balaban J connectivity index is 1.32. The maximum absolute atomic E-state index is 15.0. The lowest BCUT2D eigenvalue weighted by molar-refractivity contribution is 0.000847. The van der Waals surface area contributed by atoms with Crippen LogP contribution < -0.4 is 0 Å². The molecule has 2 aliphatic carbocycles. The van der Waals surface area contributed by atoms with Gasteiger partial charge in [-0.25, -0.2) is 13.2 Å². The van der Waals surface area contributed by atoms with E-state index in [1.807, 2.05) is 19.1 Å². The number of halogens is 3. The second kappa shape index (κ2) is 11.4. The second-order valence-electron chi connectivity index (χ2n) is 9.30.